The molecule has 0 unspecified atom stereocenters. The Morgan fingerprint density at radius 3 is 2.43 bits per heavy atom. The summed E-state index contributed by atoms with van der Waals surface area (Å²) in [5.41, 5.74) is 0. The van der Waals surface area contributed by atoms with E-state index < -0.39 is 10.0 Å². The van der Waals surface area contributed by atoms with E-state index in [-0.39, 0.29) is 28.4 Å². The van der Waals surface area contributed by atoms with Gasteiger partial charge in [0.05, 0.1) is 5.02 Å². The molecule has 21 heavy (non-hydrogen) atoms. The average molecular weight is 371 g/mol. The molecule has 0 bridgehead atoms. The molecule has 1 saturated carbocycles. The van der Waals surface area contributed by atoms with E-state index in [9.17, 15) is 8.42 Å². The van der Waals surface area contributed by atoms with Crippen molar-refractivity contribution < 1.29 is 8.42 Å². The van der Waals surface area contributed by atoms with Crippen LogP contribution in [0.25, 0.3) is 0 Å². The lowest BCUT2D eigenvalue weighted by Gasteiger charge is -2.33. The lowest BCUT2D eigenvalue weighted by molar-refractivity contribution is 0.262. The van der Waals surface area contributed by atoms with Crippen LogP contribution in [0.4, 0.5) is 0 Å². The maximum Gasteiger partial charge on any atom is 0.244 e. The quantitative estimate of drug-likeness (QED) is 0.713. The molecule has 0 spiro atoms. The topological polar surface area (TPSA) is 37.4 Å². The van der Waals surface area contributed by atoms with Gasteiger partial charge in [-0.1, -0.05) is 42.5 Å². The van der Waals surface area contributed by atoms with Gasteiger partial charge in [0.25, 0.3) is 0 Å². The molecular weight excluding hydrogens is 353 g/mol. The van der Waals surface area contributed by atoms with Gasteiger partial charge in [-0.15, -0.1) is 11.6 Å². The van der Waals surface area contributed by atoms with Gasteiger partial charge < -0.3 is 0 Å². The number of sulfonamides is 1. The van der Waals surface area contributed by atoms with Gasteiger partial charge in [-0.2, -0.15) is 4.31 Å². The van der Waals surface area contributed by atoms with Crippen LogP contribution in [-0.2, 0) is 10.0 Å². The van der Waals surface area contributed by atoms with Crippen LogP contribution in [0.2, 0.25) is 10.0 Å². The third-order valence-electron chi connectivity index (χ3n) is 3.77. The van der Waals surface area contributed by atoms with Crippen LogP contribution in [0.1, 0.15) is 32.1 Å². The van der Waals surface area contributed by atoms with Gasteiger partial charge in [0.15, 0.2) is 0 Å². The molecule has 3 nitrogen and oxygen atoms in total. The molecule has 0 atom stereocenters. The molecule has 0 aliphatic heterocycles. The van der Waals surface area contributed by atoms with Crippen molar-refractivity contribution in [3.63, 3.8) is 0 Å². The van der Waals surface area contributed by atoms with E-state index in [4.69, 9.17) is 34.8 Å². The fourth-order valence-electron chi connectivity index (χ4n) is 2.75. The van der Waals surface area contributed by atoms with E-state index in [1.165, 1.54) is 16.4 Å². The second-order valence-corrected chi connectivity index (χ2v) is 8.25. The largest absolute Gasteiger partial charge is 0.244 e. The molecule has 1 aromatic carbocycles. The molecule has 0 aromatic heterocycles. The minimum atomic E-state index is -3.68. The van der Waals surface area contributed by atoms with E-state index in [0.717, 1.165) is 32.1 Å². The highest BCUT2D eigenvalue weighted by atomic mass is 35.5. The maximum absolute atomic E-state index is 12.9. The van der Waals surface area contributed by atoms with Crippen molar-refractivity contribution in [1.82, 2.24) is 4.31 Å². The molecule has 1 fully saturated rings. The molecule has 0 heterocycles. The van der Waals surface area contributed by atoms with Gasteiger partial charge in [0.2, 0.25) is 10.0 Å². The normalized spacial score (nSPS) is 17.3. The monoisotopic (exact) mass is 369 g/mol. The summed E-state index contributed by atoms with van der Waals surface area (Å²) in [5.74, 6) is 0.258. The van der Waals surface area contributed by atoms with Crippen molar-refractivity contribution in [2.45, 2.75) is 43.0 Å². The first-order valence-electron chi connectivity index (χ1n) is 6.99. The molecule has 0 saturated heterocycles. The maximum atomic E-state index is 12.9. The highest BCUT2D eigenvalue weighted by Crippen LogP contribution is 2.32. The lowest BCUT2D eigenvalue weighted by Crippen LogP contribution is -2.42. The van der Waals surface area contributed by atoms with E-state index >= 15 is 0 Å². The van der Waals surface area contributed by atoms with Crippen molar-refractivity contribution in [3.8, 4) is 0 Å². The predicted octanol–water partition coefficient (Wildman–Crippen LogP) is 4.56. The fourth-order valence-corrected chi connectivity index (χ4v) is 5.46. The number of halogens is 3. The van der Waals surface area contributed by atoms with Gasteiger partial charge >= 0.3 is 0 Å². The Labute approximate surface area is 141 Å². The van der Waals surface area contributed by atoms with Crippen molar-refractivity contribution in [3.05, 3.63) is 28.2 Å². The van der Waals surface area contributed by atoms with E-state index in [2.05, 4.69) is 0 Å². The van der Waals surface area contributed by atoms with Crippen LogP contribution in [0.5, 0.6) is 0 Å². The molecule has 118 valence electrons. The molecule has 7 heteroatoms. The van der Waals surface area contributed by atoms with Crippen molar-refractivity contribution in [1.29, 1.82) is 0 Å². The highest BCUT2D eigenvalue weighted by Gasteiger charge is 2.33. The predicted molar refractivity (Wildman–Crippen MR) is 87.9 cm³/mol. The van der Waals surface area contributed by atoms with E-state index in [1.807, 2.05) is 0 Å². The van der Waals surface area contributed by atoms with Crippen LogP contribution in [0.3, 0.4) is 0 Å². The minimum Gasteiger partial charge on any atom is -0.207 e. The van der Waals surface area contributed by atoms with Crippen molar-refractivity contribution >= 4 is 44.8 Å². The summed E-state index contributed by atoms with van der Waals surface area (Å²) in [6.07, 6.45) is 4.98. The van der Waals surface area contributed by atoms with Crippen LogP contribution >= 0.6 is 34.8 Å². The van der Waals surface area contributed by atoms with Gasteiger partial charge in [0, 0.05) is 23.5 Å². The molecular formula is C14H18Cl3NO2S. The summed E-state index contributed by atoms with van der Waals surface area (Å²) in [6, 6.07) is 4.49. The molecule has 0 N–H and O–H groups in total. The summed E-state index contributed by atoms with van der Waals surface area (Å²) in [7, 11) is -3.68. The molecule has 1 aliphatic rings. The van der Waals surface area contributed by atoms with Gasteiger partial charge in [-0.3, -0.25) is 0 Å². The first kappa shape index (κ1) is 17.4. The zero-order valence-corrected chi connectivity index (χ0v) is 14.6. The number of nitrogens with zero attached hydrogens (tertiary/aromatic N) is 1. The van der Waals surface area contributed by atoms with Crippen molar-refractivity contribution in [2.75, 3.05) is 12.4 Å². The highest BCUT2D eigenvalue weighted by molar-refractivity contribution is 7.89. The second kappa shape index (κ2) is 7.51. The Balaban J connectivity index is 2.39. The first-order chi connectivity index (χ1) is 9.96. The minimum absolute atomic E-state index is 0.00227. The van der Waals surface area contributed by atoms with Gasteiger partial charge in [-0.25, -0.2) is 8.42 Å². The number of benzene rings is 1. The van der Waals surface area contributed by atoms with Gasteiger partial charge in [0.1, 0.15) is 4.90 Å². The van der Waals surface area contributed by atoms with E-state index in [1.54, 1.807) is 6.07 Å². The first-order valence-corrected chi connectivity index (χ1v) is 9.72. The molecule has 1 aromatic rings. The number of rotatable bonds is 5. The summed E-state index contributed by atoms with van der Waals surface area (Å²) >= 11 is 17.8. The Kier molecular flexibility index (Phi) is 6.21. The van der Waals surface area contributed by atoms with Gasteiger partial charge in [-0.05, 0) is 31.0 Å². The third-order valence-corrected chi connectivity index (χ3v) is 6.60. The SMILES string of the molecule is O=S(=O)(c1cc(Cl)ccc1Cl)N(CCCl)C1CCCCC1. The Morgan fingerprint density at radius 1 is 1.14 bits per heavy atom. The molecule has 0 amide bonds. The number of hydrogen-bond acceptors (Lipinski definition) is 2. The standard InChI is InChI=1S/C14H18Cl3NO2S/c15-8-9-18(12-4-2-1-3-5-12)21(19,20)14-10-11(16)6-7-13(14)17/h6-7,10,12H,1-5,8-9H2. The zero-order chi connectivity index (χ0) is 15.5. The smallest absolute Gasteiger partial charge is 0.207 e. The Morgan fingerprint density at radius 2 is 1.81 bits per heavy atom. The lowest BCUT2D eigenvalue weighted by atomic mass is 9.95. The van der Waals surface area contributed by atoms with Crippen LogP contribution < -0.4 is 0 Å². The second-order valence-electron chi connectivity index (χ2n) is 5.17. The summed E-state index contributed by atoms with van der Waals surface area (Å²) in [6.45, 7) is 0.289. The molecule has 2 rings (SSSR count). The fraction of sp³-hybridized carbons (Fsp3) is 0.571. The molecule has 1 aliphatic carbocycles. The van der Waals surface area contributed by atoms with Crippen LogP contribution in [-0.4, -0.2) is 31.2 Å². The third kappa shape index (κ3) is 4.05. The van der Waals surface area contributed by atoms with Crippen molar-refractivity contribution in [2.24, 2.45) is 0 Å². The summed E-state index contributed by atoms with van der Waals surface area (Å²) in [4.78, 5) is 0.0624. The summed E-state index contributed by atoms with van der Waals surface area (Å²) < 4.78 is 27.3. The molecule has 0 radical (unpaired) electrons. The van der Waals surface area contributed by atoms with E-state index in [0.29, 0.717) is 5.02 Å². The Hall–Kier alpha value is -0.0000000000000000555. The van der Waals surface area contributed by atoms with Crippen LogP contribution in [0, 0.1) is 0 Å². The summed E-state index contributed by atoms with van der Waals surface area (Å²) in [5, 5.41) is 0.544. The number of alkyl halides is 1. The average Bonchev–Trinajstić information content (AvgIpc) is 2.48. The number of hydrogen-bond donors (Lipinski definition) is 0. The zero-order valence-electron chi connectivity index (χ0n) is 11.6. The van der Waals surface area contributed by atoms with Crippen LogP contribution in [0.15, 0.2) is 23.1 Å². The Bertz CT molecular complexity index is 586.